The van der Waals surface area contributed by atoms with Crippen molar-refractivity contribution in [1.29, 1.82) is 0 Å². The Hall–Kier alpha value is -4.97. The third kappa shape index (κ3) is 9.33. The van der Waals surface area contributed by atoms with E-state index in [1.54, 1.807) is 10.8 Å². The van der Waals surface area contributed by atoms with Crippen molar-refractivity contribution in [1.82, 2.24) is 14.5 Å². The Kier molecular flexibility index (Phi) is 13.5. The van der Waals surface area contributed by atoms with Crippen LogP contribution in [0, 0.1) is 18.1 Å². The molecule has 9 aromatic rings. The second kappa shape index (κ2) is 19.0. The summed E-state index contributed by atoms with van der Waals surface area (Å²) in [7, 11) is -1.35. The van der Waals surface area contributed by atoms with Crippen molar-refractivity contribution in [3.63, 3.8) is 0 Å². The summed E-state index contributed by atoms with van der Waals surface area (Å²) in [6, 6.07) is 54.5. The van der Waals surface area contributed by atoms with E-state index in [1.165, 1.54) is 80.2 Å². The predicted molar refractivity (Wildman–Crippen MR) is 269 cm³/mol. The van der Waals surface area contributed by atoms with Crippen LogP contribution in [-0.2, 0) is 26.5 Å². The molecular weight excluding hydrogens is 979 g/mol. The van der Waals surface area contributed by atoms with E-state index < -0.39 is 8.07 Å². The van der Waals surface area contributed by atoms with E-state index in [4.69, 9.17) is 9.97 Å². The number of rotatable bonds is 9. The molecule has 1 fully saturated rings. The Labute approximate surface area is 393 Å². The zero-order valence-electron chi connectivity index (χ0n) is 37.6. The Morgan fingerprint density at radius 2 is 1.38 bits per heavy atom. The summed E-state index contributed by atoms with van der Waals surface area (Å²) >= 11 is 1.82. The van der Waals surface area contributed by atoms with Gasteiger partial charge in [-0.05, 0) is 97.7 Å². The molecule has 10 rings (SSSR count). The fraction of sp³-hybridized carbons (Fsp3) is 0.263. The van der Waals surface area contributed by atoms with Gasteiger partial charge >= 0.3 is 0 Å². The van der Waals surface area contributed by atoms with Crippen molar-refractivity contribution in [3.8, 4) is 39.5 Å². The third-order valence-corrected chi connectivity index (χ3v) is 15.8. The molecule has 0 saturated heterocycles. The zero-order chi connectivity index (χ0) is 43.0. The predicted octanol–water partition coefficient (Wildman–Crippen LogP) is 15.6. The van der Waals surface area contributed by atoms with Gasteiger partial charge in [-0.2, -0.15) is 11.3 Å². The van der Waals surface area contributed by atoms with Crippen LogP contribution in [0.25, 0.3) is 70.7 Å². The molecule has 63 heavy (non-hydrogen) atoms. The van der Waals surface area contributed by atoms with Crippen molar-refractivity contribution in [2.24, 2.45) is 5.92 Å². The monoisotopic (exact) mass is 1040 g/mol. The molecule has 1 radical (unpaired) electrons. The van der Waals surface area contributed by atoms with Crippen LogP contribution >= 0.6 is 11.3 Å². The van der Waals surface area contributed by atoms with Crippen LogP contribution in [0.4, 0.5) is 0 Å². The van der Waals surface area contributed by atoms with Crippen molar-refractivity contribution in [2.45, 2.75) is 91.3 Å². The molecule has 0 amide bonds. The van der Waals surface area contributed by atoms with Gasteiger partial charge in [0.2, 0.25) is 0 Å². The molecule has 1 aliphatic carbocycles. The molecule has 1 aliphatic rings. The van der Waals surface area contributed by atoms with Crippen molar-refractivity contribution >= 4 is 55.8 Å². The first-order valence-corrected chi connectivity index (χ1v) is 26.9. The summed E-state index contributed by atoms with van der Waals surface area (Å²) in [6.45, 7) is 16.5. The Morgan fingerprint density at radius 3 is 2.08 bits per heavy atom. The van der Waals surface area contributed by atoms with E-state index in [-0.39, 0.29) is 20.1 Å². The topological polar surface area (TPSA) is 30.7 Å². The van der Waals surface area contributed by atoms with Crippen molar-refractivity contribution in [3.05, 3.63) is 168 Å². The molecule has 0 N–H and O–H groups in total. The molecule has 321 valence electrons. The Bertz CT molecular complexity index is 2960. The van der Waals surface area contributed by atoms with Crippen LogP contribution in [-0.4, -0.2) is 22.6 Å². The minimum absolute atomic E-state index is 0. The number of hydrogen-bond donors (Lipinski definition) is 0. The molecule has 3 heterocycles. The second-order valence-corrected chi connectivity index (χ2v) is 24.9. The first-order valence-electron chi connectivity index (χ1n) is 22.5. The number of imidazole rings is 1. The summed E-state index contributed by atoms with van der Waals surface area (Å²) in [5.41, 5.74) is 13.3. The first-order chi connectivity index (χ1) is 30.0. The first kappa shape index (κ1) is 44.6. The van der Waals surface area contributed by atoms with Crippen LogP contribution in [0.2, 0.25) is 19.6 Å². The van der Waals surface area contributed by atoms with Crippen molar-refractivity contribution < 1.29 is 20.1 Å². The molecule has 6 aromatic carbocycles. The molecule has 1 saturated carbocycles. The van der Waals surface area contributed by atoms with Gasteiger partial charge in [-0.3, -0.25) is 4.98 Å². The maximum atomic E-state index is 5.25. The number of nitrogens with zero attached hydrogens (tertiary/aromatic N) is 3. The van der Waals surface area contributed by atoms with Gasteiger partial charge in [-0.25, -0.2) is 0 Å². The third-order valence-electron chi connectivity index (χ3n) is 12.6. The number of thiophene rings is 1. The van der Waals surface area contributed by atoms with Crippen LogP contribution < -0.4 is 5.19 Å². The molecule has 6 heteroatoms. The van der Waals surface area contributed by atoms with Gasteiger partial charge in [0.15, 0.2) is 0 Å². The van der Waals surface area contributed by atoms with Gasteiger partial charge in [0.25, 0.3) is 0 Å². The van der Waals surface area contributed by atoms with Gasteiger partial charge in [-0.15, -0.1) is 59.7 Å². The van der Waals surface area contributed by atoms with Gasteiger partial charge in [0.1, 0.15) is 0 Å². The fourth-order valence-electron chi connectivity index (χ4n) is 9.41. The molecule has 0 aliphatic heterocycles. The average molecular weight is 1040 g/mol. The number of hydrogen-bond acceptors (Lipinski definition) is 3. The fourth-order valence-corrected chi connectivity index (χ4v) is 12.1. The van der Waals surface area contributed by atoms with Gasteiger partial charge in [0.05, 0.1) is 24.9 Å². The smallest absolute Gasteiger partial charge is 0.0798 e. The summed E-state index contributed by atoms with van der Waals surface area (Å²) < 4.78 is 4.96. The summed E-state index contributed by atoms with van der Waals surface area (Å²) in [5, 5.41) is 4.10. The maximum Gasteiger partial charge on any atom is 0.0798 e. The molecular formula is C57H57IrN3SSi-2. The van der Waals surface area contributed by atoms with E-state index in [1.807, 2.05) is 23.5 Å². The zero-order valence-corrected chi connectivity index (χ0v) is 41.8. The van der Waals surface area contributed by atoms with Crippen molar-refractivity contribution in [2.75, 3.05) is 0 Å². The van der Waals surface area contributed by atoms with E-state index in [0.29, 0.717) is 11.8 Å². The largest absolute Gasteiger partial charge is 0.333 e. The van der Waals surface area contributed by atoms with Crippen LogP contribution in [0.1, 0.15) is 81.9 Å². The number of para-hydroxylation sites is 2. The normalized spacial score (nSPS) is 13.2. The number of pyridine rings is 1. The number of fused-ring (bicyclic) bond motifs is 4. The number of benzene rings is 6. The molecule has 0 unspecified atom stereocenters. The van der Waals surface area contributed by atoms with Crippen LogP contribution in [0.3, 0.4) is 0 Å². The quantitative estimate of drug-likeness (QED) is 0.107. The van der Waals surface area contributed by atoms with E-state index in [2.05, 4.69) is 192 Å². The minimum atomic E-state index is -1.35. The summed E-state index contributed by atoms with van der Waals surface area (Å²) in [6.07, 6.45) is 9.03. The summed E-state index contributed by atoms with van der Waals surface area (Å²) in [5.74, 6) is 2.48. The Morgan fingerprint density at radius 1 is 0.698 bits per heavy atom. The SMILES string of the molecule is CC(C)c1cc(-c2ccccc2)cc(C(C)C)c1-n1c(-c2[c-]cc3sc4ccccc4c3c2)nc2ccccc21.C[Si](C)(C)c1cnc(-c2[c-]cccc2)cc1CC1CCCC1.[Ir]. The molecule has 3 nitrogen and oxygen atoms in total. The van der Waals surface area contributed by atoms with E-state index in [0.717, 1.165) is 39.6 Å². The molecule has 3 aromatic heterocycles. The maximum absolute atomic E-state index is 5.25. The van der Waals surface area contributed by atoms with Gasteiger partial charge in [0, 0.05) is 36.7 Å². The van der Waals surface area contributed by atoms with E-state index >= 15 is 0 Å². The molecule has 0 bridgehead atoms. The molecule has 0 atom stereocenters. The number of aromatic nitrogens is 3. The van der Waals surface area contributed by atoms with Crippen LogP contribution in [0.5, 0.6) is 0 Å². The van der Waals surface area contributed by atoms with Gasteiger partial charge in [-0.1, -0.05) is 151 Å². The van der Waals surface area contributed by atoms with Crippen LogP contribution in [0.15, 0.2) is 140 Å². The minimum Gasteiger partial charge on any atom is -0.333 e. The Balaban J connectivity index is 0.000000201. The second-order valence-electron chi connectivity index (χ2n) is 18.8. The summed E-state index contributed by atoms with van der Waals surface area (Å²) in [4.78, 5) is 10.0. The molecule has 0 spiro atoms. The standard InChI is InChI=1S/C37H31N2S.C20H26NSi.Ir/c1-23(2)29-21-27(25-12-6-5-7-13-25)22-30(24(3)4)36(29)39-33-16-10-9-15-32(33)38-37(39)26-18-19-35-31(20-26)28-14-8-11-17-34(28)40-35;1-22(2,3)20-15-21-19(17-11-5-4-6-12-17)14-18(20)13-16-9-7-8-10-16;/h5-17,19-24H,1-4H3;4-6,11,14-16H,7-10,13H2,1-3H3;/q2*-1;. The average Bonchev–Trinajstić information content (AvgIpc) is 4.04. The van der Waals surface area contributed by atoms with Gasteiger partial charge < -0.3 is 9.55 Å². The van der Waals surface area contributed by atoms with E-state index in [9.17, 15) is 0 Å².